The molecule has 1 fully saturated rings. The van der Waals surface area contributed by atoms with Crippen molar-refractivity contribution in [1.29, 1.82) is 0 Å². The summed E-state index contributed by atoms with van der Waals surface area (Å²) in [6.07, 6.45) is 1.69. The van der Waals surface area contributed by atoms with E-state index in [1.54, 1.807) is 27.1 Å². The fourth-order valence-electron chi connectivity index (χ4n) is 3.54. The zero-order valence-corrected chi connectivity index (χ0v) is 16.1. The van der Waals surface area contributed by atoms with E-state index in [1.165, 1.54) is 11.8 Å². The molecule has 3 rings (SSSR count). The summed E-state index contributed by atoms with van der Waals surface area (Å²) in [5.41, 5.74) is 0.643. The summed E-state index contributed by atoms with van der Waals surface area (Å²) in [5.74, 6) is 0.574. The van der Waals surface area contributed by atoms with Crippen LogP contribution in [0.1, 0.15) is 20.8 Å². The summed E-state index contributed by atoms with van der Waals surface area (Å²) in [7, 11) is 0. The van der Waals surface area contributed by atoms with Gasteiger partial charge in [0.05, 0.1) is 5.69 Å². The van der Waals surface area contributed by atoms with E-state index in [9.17, 15) is 14.4 Å². The van der Waals surface area contributed by atoms with E-state index in [0.29, 0.717) is 50.8 Å². The highest BCUT2D eigenvalue weighted by atomic mass is 16.2. The highest BCUT2D eigenvalue weighted by Crippen LogP contribution is 2.33. The molecule has 0 unspecified atom stereocenters. The van der Waals surface area contributed by atoms with Crippen molar-refractivity contribution in [2.24, 2.45) is 0 Å². The summed E-state index contributed by atoms with van der Waals surface area (Å²) in [6, 6.07) is 3.36. The Bertz CT molecular complexity index is 732. The van der Waals surface area contributed by atoms with Crippen molar-refractivity contribution in [3.8, 4) is 0 Å². The van der Waals surface area contributed by atoms with E-state index in [0.717, 1.165) is 0 Å². The maximum absolute atomic E-state index is 13.0. The van der Waals surface area contributed by atoms with Gasteiger partial charge in [-0.3, -0.25) is 19.5 Å². The second kappa shape index (κ2) is 7.81. The molecule has 0 saturated carbocycles. The number of nitrogens with zero attached hydrogens (tertiary/aromatic N) is 6. The lowest BCUT2D eigenvalue weighted by Crippen LogP contribution is -2.59. The third-order valence-corrected chi connectivity index (χ3v) is 5.01. The first-order valence-electron chi connectivity index (χ1n) is 9.32. The normalized spacial score (nSPS) is 17.3. The van der Waals surface area contributed by atoms with Gasteiger partial charge in [-0.1, -0.05) is 0 Å². The molecule has 1 aromatic rings. The Morgan fingerprint density at radius 1 is 1.04 bits per heavy atom. The lowest BCUT2D eigenvalue weighted by Gasteiger charge is -2.44. The molecule has 0 N–H and O–H groups in total. The van der Waals surface area contributed by atoms with Crippen LogP contribution in [0, 0.1) is 0 Å². The van der Waals surface area contributed by atoms with Crippen LogP contribution in [0.2, 0.25) is 0 Å². The molecule has 146 valence electrons. The molecule has 4 amide bonds. The molecule has 0 spiro atoms. The number of aromatic nitrogens is 1. The molecular formula is C18H26N6O3. The molecule has 2 aliphatic rings. The third kappa shape index (κ3) is 3.54. The second-order valence-electron chi connectivity index (χ2n) is 6.53. The largest absolute Gasteiger partial charge is 0.343 e. The first-order valence-corrected chi connectivity index (χ1v) is 9.32. The summed E-state index contributed by atoms with van der Waals surface area (Å²) < 4.78 is 0. The quantitative estimate of drug-likeness (QED) is 0.778. The molecule has 2 aliphatic heterocycles. The number of hydrogen-bond acceptors (Lipinski definition) is 5. The lowest BCUT2D eigenvalue weighted by molar-refractivity contribution is -0.137. The number of carbonyl (C=O) groups excluding carboxylic acids is 3. The SMILES string of the molecule is CCN1C(=O)N(CC(=O)N2CCN(C(C)=O)CC2)c2cccnc2N1CC. The van der Waals surface area contributed by atoms with Crippen LogP contribution in [-0.2, 0) is 9.59 Å². The van der Waals surface area contributed by atoms with Crippen molar-refractivity contribution < 1.29 is 14.4 Å². The van der Waals surface area contributed by atoms with Gasteiger partial charge in [0.15, 0.2) is 5.82 Å². The van der Waals surface area contributed by atoms with Gasteiger partial charge in [-0.25, -0.2) is 14.8 Å². The van der Waals surface area contributed by atoms with Gasteiger partial charge in [-0.05, 0) is 26.0 Å². The van der Waals surface area contributed by atoms with Gasteiger partial charge in [0, 0.05) is 52.4 Å². The van der Waals surface area contributed by atoms with E-state index in [4.69, 9.17) is 0 Å². The molecule has 27 heavy (non-hydrogen) atoms. The number of hydrogen-bond donors (Lipinski definition) is 0. The molecule has 9 heteroatoms. The Kier molecular flexibility index (Phi) is 5.48. The van der Waals surface area contributed by atoms with Gasteiger partial charge in [0.25, 0.3) is 0 Å². The van der Waals surface area contributed by atoms with Crippen molar-refractivity contribution >= 4 is 29.4 Å². The number of urea groups is 1. The number of anilines is 2. The first kappa shape index (κ1) is 18.9. The van der Waals surface area contributed by atoms with Crippen LogP contribution >= 0.6 is 0 Å². The van der Waals surface area contributed by atoms with E-state index in [1.807, 2.05) is 24.9 Å². The van der Waals surface area contributed by atoms with Crippen LogP contribution < -0.4 is 9.91 Å². The molecule has 3 heterocycles. The van der Waals surface area contributed by atoms with Crippen LogP contribution in [0.3, 0.4) is 0 Å². The monoisotopic (exact) mass is 374 g/mol. The summed E-state index contributed by atoms with van der Waals surface area (Å²) in [4.78, 5) is 46.6. The van der Waals surface area contributed by atoms with E-state index < -0.39 is 0 Å². The number of carbonyl (C=O) groups is 3. The molecule has 9 nitrogen and oxygen atoms in total. The molecule has 0 atom stereocenters. The van der Waals surface area contributed by atoms with Crippen molar-refractivity contribution in [2.75, 3.05) is 55.7 Å². The average Bonchev–Trinajstić information content (AvgIpc) is 2.69. The van der Waals surface area contributed by atoms with E-state index in [-0.39, 0.29) is 24.4 Å². The van der Waals surface area contributed by atoms with E-state index >= 15 is 0 Å². The van der Waals surface area contributed by atoms with Gasteiger partial charge in [-0.15, -0.1) is 0 Å². The minimum absolute atomic E-state index is 0.0200. The molecule has 0 aliphatic carbocycles. The van der Waals surface area contributed by atoms with Gasteiger partial charge in [-0.2, -0.15) is 0 Å². The van der Waals surface area contributed by atoms with Crippen LogP contribution in [0.15, 0.2) is 18.3 Å². The van der Waals surface area contributed by atoms with Crippen molar-refractivity contribution in [1.82, 2.24) is 19.8 Å². The Morgan fingerprint density at radius 2 is 1.67 bits per heavy atom. The molecular weight excluding hydrogens is 348 g/mol. The minimum atomic E-state index is -0.226. The van der Waals surface area contributed by atoms with Crippen molar-refractivity contribution in [2.45, 2.75) is 20.8 Å². The fourth-order valence-corrected chi connectivity index (χ4v) is 3.54. The van der Waals surface area contributed by atoms with Gasteiger partial charge >= 0.3 is 6.03 Å². The summed E-state index contributed by atoms with van der Waals surface area (Å²) in [6.45, 7) is 8.48. The van der Waals surface area contributed by atoms with Gasteiger partial charge in [0.1, 0.15) is 6.54 Å². The highest BCUT2D eigenvalue weighted by molar-refractivity contribution is 6.03. The number of amides is 4. The molecule has 1 saturated heterocycles. The number of fused-ring (bicyclic) bond motifs is 1. The average molecular weight is 374 g/mol. The smallest absolute Gasteiger partial charge is 0.339 e. The standard InChI is InChI=1S/C18H26N6O3/c1-4-23-17-15(7-6-8-19-17)22(18(27)24(23)5-2)13-16(26)21-11-9-20(10-12-21)14(3)25/h6-8H,4-5,9-13H2,1-3H3. The Balaban J connectivity index is 1.78. The number of pyridine rings is 1. The Hall–Kier alpha value is -2.84. The van der Waals surface area contributed by atoms with Crippen LogP contribution in [-0.4, -0.2) is 83.5 Å². The van der Waals surface area contributed by atoms with Crippen LogP contribution in [0.5, 0.6) is 0 Å². The highest BCUT2D eigenvalue weighted by Gasteiger charge is 2.37. The topological polar surface area (TPSA) is 80.3 Å². The predicted octanol–water partition coefficient (Wildman–Crippen LogP) is 0.776. The van der Waals surface area contributed by atoms with Crippen molar-refractivity contribution in [3.63, 3.8) is 0 Å². The molecule has 0 bridgehead atoms. The maximum Gasteiger partial charge on any atom is 0.343 e. The van der Waals surface area contributed by atoms with Gasteiger partial charge < -0.3 is 9.80 Å². The molecule has 0 radical (unpaired) electrons. The molecule has 1 aromatic heterocycles. The number of piperazine rings is 1. The predicted molar refractivity (Wildman–Crippen MR) is 101 cm³/mol. The zero-order valence-electron chi connectivity index (χ0n) is 16.1. The fraction of sp³-hybridized carbons (Fsp3) is 0.556. The third-order valence-electron chi connectivity index (χ3n) is 5.01. The van der Waals surface area contributed by atoms with Crippen LogP contribution in [0.25, 0.3) is 0 Å². The Morgan fingerprint density at radius 3 is 2.26 bits per heavy atom. The lowest BCUT2D eigenvalue weighted by atomic mass is 10.2. The zero-order chi connectivity index (χ0) is 19.6. The maximum atomic E-state index is 13.0. The summed E-state index contributed by atoms with van der Waals surface area (Å²) in [5, 5.41) is 3.45. The first-order chi connectivity index (χ1) is 13.0. The minimum Gasteiger partial charge on any atom is -0.339 e. The molecule has 0 aromatic carbocycles. The van der Waals surface area contributed by atoms with Gasteiger partial charge in [0.2, 0.25) is 11.8 Å². The number of hydrazine groups is 1. The number of rotatable bonds is 4. The van der Waals surface area contributed by atoms with E-state index in [2.05, 4.69) is 4.98 Å². The van der Waals surface area contributed by atoms with Crippen molar-refractivity contribution in [3.05, 3.63) is 18.3 Å². The second-order valence-corrected chi connectivity index (χ2v) is 6.53. The Labute approximate surface area is 159 Å². The van der Waals surface area contributed by atoms with Crippen LogP contribution in [0.4, 0.5) is 16.3 Å². The summed E-state index contributed by atoms with van der Waals surface area (Å²) >= 11 is 0.